The summed E-state index contributed by atoms with van der Waals surface area (Å²) >= 11 is 13.3. The van der Waals surface area contributed by atoms with Crippen molar-refractivity contribution in [2.24, 2.45) is 0 Å². The number of thioether (sulfide) groups is 2. The van der Waals surface area contributed by atoms with Crippen molar-refractivity contribution >= 4 is 80.6 Å². The number of unbranched alkanes of at least 4 members (excludes halogenated alkanes) is 2. The fourth-order valence-electron chi connectivity index (χ4n) is 5.11. The Hall–Kier alpha value is -3.94. The fraction of sp³-hybridized carbons (Fsp3) is 0.529. The van der Waals surface area contributed by atoms with Gasteiger partial charge < -0.3 is 24.0 Å². The van der Waals surface area contributed by atoms with Crippen LogP contribution in [-0.4, -0.2) is 121 Å². The van der Waals surface area contributed by atoms with Crippen LogP contribution in [0.15, 0.2) is 33.9 Å². The van der Waals surface area contributed by atoms with Gasteiger partial charge >= 0.3 is 11.1 Å². The van der Waals surface area contributed by atoms with Crippen molar-refractivity contribution in [1.82, 2.24) is 24.2 Å². The first kappa shape index (κ1) is 41.8. The number of ether oxygens (including phenoxy) is 2. The van der Waals surface area contributed by atoms with Crippen molar-refractivity contribution in [3.63, 3.8) is 0 Å². The molecule has 0 aliphatic carbocycles. The molecule has 0 unspecified atom stereocenters. The normalized spacial score (nSPS) is 14.0. The van der Waals surface area contributed by atoms with Crippen molar-refractivity contribution in [3.8, 4) is 11.5 Å². The van der Waals surface area contributed by atoms with E-state index < -0.39 is 28.8 Å². The summed E-state index contributed by atoms with van der Waals surface area (Å²) in [5.41, 5.74) is -1.22. The molecule has 0 N–H and O–H groups in total. The van der Waals surface area contributed by atoms with Crippen LogP contribution >= 0.6 is 48.0 Å². The highest BCUT2D eigenvalue weighted by molar-refractivity contribution is 8.23. The van der Waals surface area contributed by atoms with Crippen molar-refractivity contribution in [1.29, 1.82) is 0 Å². The second-order valence-corrected chi connectivity index (χ2v) is 15.2. The fourth-order valence-corrected chi connectivity index (χ4v) is 7.52. The molecule has 53 heavy (non-hydrogen) atoms. The first-order valence-electron chi connectivity index (χ1n) is 17.4. The SMILES string of the molecule is CCCCOn1c(C(=O)N2CCSC2=S)ccc(OCCCN(CCCOc2ccc(C(=O)N3CCSC3=S)n(OCCCC)c2=O)C(=O)C=O)c1=O. The second-order valence-electron chi connectivity index (χ2n) is 11.7. The molecule has 19 heteroatoms. The molecule has 0 aromatic carbocycles. The third-order valence-electron chi connectivity index (χ3n) is 7.97. The van der Waals surface area contributed by atoms with Gasteiger partial charge in [0.25, 0.3) is 17.7 Å². The Balaban J connectivity index is 1.34. The number of rotatable bonds is 21. The van der Waals surface area contributed by atoms with E-state index in [1.54, 1.807) is 0 Å². The zero-order chi connectivity index (χ0) is 38.3. The van der Waals surface area contributed by atoms with E-state index in [1.165, 1.54) is 62.5 Å². The van der Waals surface area contributed by atoms with E-state index >= 15 is 0 Å². The maximum absolute atomic E-state index is 13.3. The summed E-state index contributed by atoms with van der Waals surface area (Å²) in [4.78, 5) is 92.4. The minimum atomic E-state index is -0.745. The average molecular weight is 810 g/mol. The van der Waals surface area contributed by atoms with Gasteiger partial charge in [0, 0.05) is 37.7 Å². The summed E-state index contributed by atoms with van der Waals surface area (Å²) in [5, 5.41) is 0. The van der Waals surface area contributed by atoms with Crippen LogP contribution in [0, 0.1) is 0 Å². The molecule has 3 amide bonds. The highest BCUT2D eigenvalue weighted by Gasteiger charge is 2.30. The van der Waals surface area contributed by atoms with Gasteiger partial charge in [-0.1, -0.05) is 74.6 Å². The van der Waals surface area contributed by atoms with Crippen LogP contribution in [0.2, 0.25) is 0 Å². The Morgan fingerprint density at radius 3 is 1.51 bits per heavy atom. The largest absolute Gasteiger partial charge is 0.488 e. The number of aromatic nitrogens is 2. The van der Waals surface area contributed by atoms with Gasteiger partial charge in [-0.25, -0.2) is 0 Å². The molecule has 4 heterocycles. The van der Waals surface area contributed by atoms with Gasteiger partial charge in [-0.05, 0) is 49.9 Å². The number of aldehydes is 1. The number of hydrogen-bond donors (Lipinski definition) is 0. The lowest BCUT2D eigenvalue weighted by Gasteiger charge is -2.21. The second kappa shape index (κ2) is 21.1. The Morgan fingerprint density at radius 2 is 1.15 bits per heavy atom. The molecule has 0 radical (unpaired) electrons. The number of hydrogen-bond acceptors (Lipinski definition) is 14. The Morgan fingerprint density at radius 1 is 0.717 bits per heavy atom. The van der Waals surface area contributed by atoms with Crippen LogP contribution < -0.4 is 30.3 Å². The molecule has 288 valence electrons. The standard InChI is InChI=1S/C34H43N5O10S4/c1-3-5-19-48-38-24(29(42)36-15-21-52-33(36)50)9-11-26(31(38)44)46-17-7-13-35(28(41)23-40)14-8-18-47-27-12-10-25(30(43)37-16-22-53-34(37)51)39(32(27)45)49-20-6-4-2/h9-12,23H,3-8,13-22H2,1-2H3. The molecule has 4 rings (SSSR count). The number of carbonyl (C=O) groups is 4. The van der Waals surface area contributed by atoms with Crippen molar-refractivity contribution in [3.05, 3.63) is 56.4 Å². The molecule has 2 saturated heterocycles. The lowest BCUT2D eigenvalue weighted by molar-refractivity contribution is -0.139. The van der Waals surface area contributed by atoms with E-state index in [0.29, 0.717) is 46.1 Å². The van der Waals surface area contributed by atoms with Crippen molar-refractivity contribution in [2.75, 3.05) is 64.1 Å². The molecule has 0 spiro atoms. The zero-order valence-electron chi connectivity index (χ0n) is 29.7. The van der Waals surface area contributed by atoms with Crippen LogP contribution in [-0.2, 0) is 9.59 Å². The molecule has 15 nitrogen and oxygen atoms in total. The molecule has 0 bridgehead atoms. The van der Waals surface area contributed by atoms with Gasteiger partial charge in [0.1, 0.15) is 33.2 Å². The third kappa shape index (κ3) is 11.0. The molecule has 0 atom stereocenters. The van der Waals surface area contributed by atoms with Crippen molar-refractivity contribution < 1.29 is 38.3 Å². The lowest BCUT2D eigenvalue weighted by Crippen LogP contribution is -2.39. The van der Waals surface area contributed by atoms with E-state index in [9.17, 15) is 28.8 Å². The summed E-state index contributed by atoms with van der Waals surface area (Å²) in [5.74, 6) is -0.367. The predicted octanol–water partition coefficient (Wildman–Crippen LogP) is 2.68. The maximum Gasteiger partial charge on any atom is 0.325 e. The van der Waals surface area contributed by atoms with Gasteiger partial charge in [-0.2, -0.15) is 0 Å². The Kier molecular flexibility index (Phi) is 16.6. The van der Waals surface area contributed by atoms with Gasteiger partial charge in [-0.15, -0.1) is 9.46 Å². The number of pyridine rings is 2. The molecular weight excluding hydrogens is 767 g/mol. The predicted molar refractivity (Wildman–Crippen MR) is 209 cm³/mol. The van der Waals surface area contributed by atoms with E-state index in [-0.39, 0.29) is 81.5 Å². The van der Waals surface area contributed by atoms with Crippen LogP contribution in [0.3, 0.4) is 0 Å². The van der Waals surface area contributed by atoms with Gasteiger partial charge in [-0.3, -0.25) is 38.6 Å². The molecule has 2 aromatic heterocycles. The van der Waals surface area contributed by atoms with E-state index in [2.05, 4.69) is 0 Å². The Labute approximate surface area is 326 Å². The summed E-state index contributed by atoms with van der Waals surface area (Å²) < 4.78 is 14.2. The molecular formula is C34H43N5O10S4. The summed E-state index contributed by atoms with van der Waals surface area (Å²) in [6.45, 7) is 5.54. The average Bonchev–Trinajstić information content (AvgIpc) is 3.79. The molecule has 0 saturated carbocycles. The van der Waals surface area contributed by atoms with Crippen LogP contribution in [0.4, 0.5) is 0 Å². The number of nitrogens with zero attached hydrogens (tertiary/aromatic N) is 5. The highest BCUT2D eigenvalue weighted by Crippen LogP contribution is 2.22. The molecule has 2 aliphatic heterocycles. The lowest BCUT2D eigenvalue weighted by atomic mass is 10.3. The van der Waals surface area contributed by atoms with Crippen LogP contribution in [0.1, 0.15) is 73.3 Å². The van der Waals surface area contributed by atoms with Crippen LogP contribution in [0.5, 0.6) is 11.5 Å². The smallest absolute Gasteiger partial charge is 0.325 e. The summed E-state index contributed by atoms with van der Waals surface area (Å²) in [6, 6.07) is 5.72. The first-order valence-corrected chi connectivity index (χ1v) is 20.2. The van der Waals surface area contributed by atoms with E-state index in [1.807, 2.05) is 13.8 Å². The minimum absolute atomic E-state index is 0.0208. The molecule has 2 aliphatic rings. The van der Waals surface area contributed by atoms with Gasteiger partial charge in [0.05, 0.1) is 13.2 Å². The highest BCUT2D eigenvalue weighted by atomic mass is 32.2. The van der Waals surface area contributed by atoms with Gasteiger partial charge in [0.15, 0.2) is 11.5 Å². The number of amides is 3. The number of thiocarbonyl (C=S) groups is 2. The maximum atomic E-state index is 13.3. The third-order valence-corrected chi connectivity index (χ3v) is 10.8. The zero-order valence-corrected chi connectivity index (χ0v) is 32.9. The van der Waals surface area contributed by atoms with Crippen molar-refractivity contribution in [2.45, 2.75) is 52.4 Å². The summed E-state index contributed by atoms with van der Waals surface area (Å²) in [7, 11) is 0. The quantitative estimate of drug-likeness (QED) is 0.0785. The number of carbonyl (C=O) groups excluding carboxylic acids is 4. The minimum Gasteiger partial charge on any atom is -0.488 e. The molecule has 2 aromatic rings. The molecule has 2 fully saturated rings. The van der Waals surface area contributed by atoms with E-state index in [0.717, 1.165) is 22.3 Å². The Bertz CT molecular complexity index is 1670. The summed E-state index contributed by atoms with van der Waals surface area (Å²) in [6.07, 6.45) is 3.72. The van der Waals surface area contributed by atoms with Gasteiger partial charge in [0.2, 0.25) is 6.29 Å². The monoisotopic (exact) mass is 809 g/mol. The van der Waals surface area contributed by atoms with Crippen LogP contribution in [0.25, 0.3) is 0 Å². The first-order chi connectivity index (χ1) is 25.6. The van der Waals surface area contributed by atoms with E-state index in [4.69, 9.17) is 43.6 Å². The topological polar surface area (TPSA) is 159 Å².